The quantitative estimate of drug-likeness (QED) is 0.896. The minimum atomic E-state index is 0. The van der Waals surface area contributed by atoms with E-state index in [1.807, 2.05) is 0 Å². The van der Waals surface area contributed by atoms with Crippen LogP contribution in [0, 0.1) is 5.92 Å². The van der Waals surface area contributed by atoms with Gasteiger partial charge in [-0.3, -0.25) is 4.79 Å². The van der Waals surface area contributed by atoms with Gasteiger partial charge in [-0.2, -0.15) is 9.61 Å². The van der Waals surface area contributed by atoms with Crippen molar-refractivity contribution in [3.8, 4) is 0 Å². The highest BCUT2D eigenvalue weighted by Gasteiger charge is 2.16. The number of hydrogen-bond donors (Lipinski definition) is 2. The van der Waals surface area contributed by atoms with E-state index in [1.54, 1.807) is 29.0 Å². The van der Waals surface area contributed by atoms with Gasteiger partial charge in [-0.25, -0.2) is 4.98 Å². The van der Waals surface area contributed by atoms with Crippen LogP contribution < -0.4 is 10.6 Å². The first kappa shape index (κ1) is 14.7. The van der Waals surface area contributed by atoms with E-state index in [1.165, 1.54) is 6.42 Å². The van der Waals surface area contributed by atoms with Crippen molar-refractivity contribution < 1.29 is 4.79 Å². The predicted octanol–water partition coefficient (Wildman–Crippen LogP) is 1.48. The summed E-state index contributed by atoms with van der Waals surface area (Å²) in [6.45, 7) is 2.11. The Hall–Kier alpha value is -1.66. The van der Waals surface area contributed by atoms with Crippen molar-refractivity contribution in [2.45, 2.75) is 19.3 Å². The van der Waals surface area contributed by atoms with Crippen molar-refractivity contribution in [1.29, 1.82) is 0 Å². The third-order valence-electron chi connectivity index (χ3n) is 3.50. The molecule has 2 N–H and O–H groups in total. The molecule has 2 aromatic rings. The van der Waals surface area contributed by atoms with Crippen molar-refractivity contribution in [3.63, 3.8) is 0 Å². The Morgan fingerprint density at radius 3 is 3.15 bits per heavy atom. The summed E-state index contributed by atoms with van der Waals surface area (Å²) in [6, 6.07) is 3.56. The molecular formula is C13H18ClN5O. The van der Waals surface area contributed by atoms with E-state index in [2.05, 4.69) is 20.7 Å². The highest BCUT2D eigenvalue weighted by molar-refractivity contribution is 5.90. The average molecular weight is 296 g/mol. The molecule has 0 radical (unpaired) electrons. The van der Waals surface area contributed by atoms with Crippen LogP contribution in [0.4, 0.5) is 5.82 Å². The standard InChI is InChI=1S/C13H17N5O.ClH/c19-13(2-1-10-3-6-14-9-10)17-12-4-7-15-11-5-8-16-18(11)12;/h4-5,7-8,10,14H,1-3,6,9H2,(H,17,19);1H. The Morgan fingerprint density at radius 1 is 1.45 bits per heavy atom. The summed E-state index contributed by atoms with van der Waals surface area (Å²) < 4.78 is 1.63. The molecule has 0 aliphatic carbocycles. The van der Waals surface area contributed by atoms with Gasteiger partial charge in [0.2, 0.25) is 5.91 Å². The van der Waals surface area contributed by atoms with Crippen LogP contribution in [0.5, 0.6) is 0 Å². The maximum Gasteiger partial charge on any atom is 0.225 e. The number of carbonyl (C=O) groups is 1. The number of carbonyl (C=O) groups excluding carboxylic acids is 1. The van der Waals surface area contributed by atoms with Gasteiger partial charge in [0.05, 0.1) is 6.20 Å². The summed E-state index contributed by atoms with van der Waals surface area (Å²) in [7, 11) is 0. The molecule has 6 nitrogen and oxygen atoms in total. The van der Waals surface area contributed by atoms with Crippen LogP contribution in [0.1, 0.15) is 19.3 Å². The molecule has 0 spiro atoms. The van der Waals surface area contributed by atoms with E-state index in [-0.39, 0.29) is 18.3 Å². The number of nitrogens with zero attached hydrogens (tertiary/aromatic N) is 3. The third-order valence-corrected chi connectivity index (χ3v) is 3.50. The molecule has 108 valence electrons. The fourth-order valence-electron chi connectivity index (χ4n) is 2.43. The molecule has 1 amide bonds. The first-order chi connectivity index (χ1) is 9.33. The first-order valence-electron chi connectivity index (χ1n) is 6.62. The second kappa shape index (κ2) is 6.67. The van der Waals surface area contributed by atoms with Crippen LogP contribution >= 0.6 is 12.4 Å². The number of amides is 1. The molecule has 20 heavy (non-hydrogen) atoms. The van der Waals surface area contributed by atoms with Gasteiger partial charge >= 0.3 is 0 Å². The molecule has 0 aromatic carbocycles. The molecule has 1 unspecified atom stereocenters. The molecule has 3 heterocycles. The SMILES string of the molecule is Cl.O=C(CCC1CCNC1)Nc1ccnc2ccnn12. The highest BCUT2D eigenvalue weighted by atomic mass is 35.5. The number of halogens is 1. The lowest BCUT2D eigenvalue weighted by Crippen LogP contribution is -2.16. The van der Waals surface area contributed by atoms with E-state index in [4.69, 9.17) is 0 Å². The van der Waals surface area contributed by atoms with Gasteiger partial charge in [0.15, 0.2) is 5.65 Å². The minimum absolute atomic E-state index is 0. The summed E-state index contributed by atoms with van der Waals surface area (Å²) in [5, 5.41) is 10.3. The second-order valence-electron chi connectivity index (χ2n) is 4.88. The van der Waals surface area contributed by atoms with E-state index >= 15 is 0 Å². The van der Waals surface area contributed by atoms with Crippen LogP contribution in [0.25, 0.3) is 5.65 Å². The fraction of sp³-hybridized carbons (Fsp3) is 0.462. The smallest absolute Gasteiger partial charge is 0.225 e. The maximum absolute atomic E-state index is 11.9. The molecule has 0 saturated carbocycles. The molecule has 2 aromatic heterocycles. The zero-order chi connectivity index (χ0) is 13.1. The number of nitrogens with one attached hydrogen (secondary N) is 2. The first-order valence-corrected chi connectivity index (χ1v) is 6.62. The molecule has 1 fully saturated rings. The van der Waals surface area contributed by atoms with E-state index in [0.29, 0.717) is 18.2 Å². The molecule has 0 bridgehead atoms. The second-order valence-corrected chi connectivity index (χ2v) is 4.88. The Balaban J connectivity index is 0.00000147. The van der Waals surface area contributed by atoms with Crippen LogP contribution in [-0.4, -0.2) is 33.6 Å². The van der Waals surface area contributed by atoms with Crippen LogP contribution in [0.3, 0.4) is 0 Å². The molecule has 7 heteroatoms. The predicted molar refractivity (Wildman–Crippen MR) is 79.1 cm³/mol. The Morgan fingerprint density at radius 2 is 2.35 bits per heavy atom. The van der Waals surface area contributed by atoms with Gasteiger partial charge in [0, 0.05) is 18.7 Å². The van der Waals surface area contributed by atoms with Gasteiger partial charge in [-0.15, -0.1) is 12.4 Å². The van der Waals surface area contributed by atoms with E-state index < -0.39 is 0 Å². The van der Waals surface area contributed by atoms with Crippen LogP contribution in [0.2, 0.25) is 0 Å². The Labute approximate surface area is 123 Å². The fourth-order valence-corrected chi connectivity index (χ4v) is 2.43. The highest BCUT2D eigenvalue weighted by Crippen LogP contribution is 2.15. The number of fused-ring (bicyclic) bond motifs is 1. The molecular weight excluding hydrogens is 278 g/mol. The lowest BCUT2D eigenvalue weighted by molar-refractivity contribution is -0.116. The van der Waals surface area contributed by atoms with Gasteiger partial charge in [0.25, 0.3) is 0 Å². The minimum Gasteiger partial charge on any atom is -0.316 e. The summed E-state index contributed by atoms with van der Waals surface area (Å²) >= 11 is 0. The monoisotopic (exact) mass is 295 g/mol. The number of anilines is 1. The van der Waals surface area contributed by atoms with Crippen LogP contribution in [-0.2, 0) is 4.79 Å². The largest absolute Gasteiger partial charge is 0.316 e. The molecule has 1 saturated heterocycles. The van der Waals surface area contributed by atoms with Gasteiger partial charge < -0.3 is 10.6 Å². The zero-order valence-corrected chi connectivity index (χ0v) is 11.9. The summed E-state index contributed by atoms with van der Waals surface area (Å²) in [6.07, 6.45) is 6.01. The lowest BCUT2D eigenvalue weighted by Gasteiger charge is -2.09. The van der Waals surface area contributed by atoms with Gasteiger partial charge in [0.1, 0.15) is 5.82 Å². The summed E-state index contributed by atoms with van der Waals surface area (Å²) in [5.74, 6) is 1.34. The summed E-state index contributed by atoms with van der Waals surface area (Å²) in [4.78, 5) is 16.1. The molecule has 3 rings (SSSR count). The normalized spacial score (nSPS) is 17.9. The summed E-state index contributed by atoms with van der Waals surface area (Å²) in [5.41, 5.74) is 0.734. The van der Waals surface area contributed by atoms with Crippen molar-refractivity contribution in [1.82, 2.24) is 19.9 Å². The molecule has 1 aliphatic heterocycles. The number of aromatic nitrogens is 3. The van der Waals surface area contributed by atoms with Crippen LogP contribution in [0.15, 0.2) is 24.5 Å². The number of rotatable bonds is 4. The Bertz CT molecular complexity index is 579. The number of hydrogen-bond acceptors (Lipinski definition) is 4. The zero-order valence-electron chi connectivity index (χ0n) is 11.1. The Kier molecular flexibility index (Phi) is 4.92. The average Bonchev–Trinajstić information content (AvgIpc) is 3.08. The van der Waals surface area contributed by atoms with Crippen molar-refractivity contribution in [2.24, 2.45) is 5.92 Å². The van der Waals surface area contributed by atoms with Crippen molar-refractivity contribution in [3.05, 3.63) is 24.5 Å². The van der Waals surface area contributed by atoms with Crippen molar-refractivity contribution >= 4 is 29.8 Å². The molecule has 1 atom stereocenters. The third kappa shape index (κ3) is 3.26. The maximum atomic E-state index is 11.9. The van der Waals surface area contributed by atoms with E-state index in [0.717, 1.165) is 25.2 Å². The van der Waals surface area contributed by atoms with E-state index in [9.17, 15) is 4.79 Å². The van der Waals surface area contributed by atoms with Gasteiger partial charge in [-0.05, 0) is 37.9 Å². The topological polar surface area (TPSA) is 71.3 Å². The molecule has 1 aliphatic rings. The van der Waals surface area contributed by atoms with Gasteiger partial charge in [-0.1, -0.05) is 0 Å². The lowest BCUT2D eigenvalue weighted by atomic mass is 10.0. The van der Waals surface area contributed by atoms with Crippen molar-refractivity contribution in [2.75, 3.05) is 18.4 Å².